The van der Waals surface area contributed by atoms with Gasteiger partial charge in [0, 0.05) is 11.5 Å². The Balaban J connectivity index is 2.34. The van der Waals surface area contributed by atoms with Gasteiger partial charge in [0.1, 0.15) is 11.5 Å². The highest BCUT2D eigenvalue weighted by Gasteiger charge is 2.25. The quantitative estimate of drug-likeness (QED) is 0.559. The number of rotatable bonds is 8. The van der Waals surface area contributed by atoms with Crippen LogP contribution in [0.3, 0.4) is 0 Å². The number of sulfonamides is 1. The Morgan fingerprint density at radius 1 is 1.03 bits per heavy atom. The molecule has 0 fully saturated rings. The third kappa shape index (κ3) is 5.92. The first-order chi connectivity index (χ1) is 14.8. The molecule has 32 heavy (non-hydrogen) atoms. The lowest BCUT2D eigenvalue weighted by Crippen LogP contribution is -2.26. The molecule has 0 atom stereocenters. The number of halogens is 1. The van der Waals surface area contributed by atoms with E-state index in [4.69, 9.17) is 25.8 Å². The molecule has 0 bridgehead atoms. The van der Waals surface area contributed by atoms with Crippen LogP contribution in [-0.2, 0) is 19.6 Å². The van der Waals surface area contributed by atoms with Gasteiger partial charge in [-0.3, -0.25) is 9.52 Å². The van der Waals surface area contributed by atoms with Crippen molar-refractivity contribution >= 4 is 39.1 Å². The molecule has 174 valence electrons. The summed E-state index contributed by atoms with van der Waals surface area (Å²) in [5, 5.41) is 0.184. The Kier molecular flexibility index (Phi) is 7.79. The van der Waals surface area contributed by atoms with Crippen LogP contribution in [0.4, 0.5) is 5.69 Å². The minimum absolute atomic E-state index is 0.00240. The minimum atomic E-state index is -4.13. The fraction of sp³-hybridized carbons (Fsp3) is 0.364. The molecule has 1 N–H and O–H groups in total. The fourth-order valence-corrected chi connectivity index (χ4v) is 4.16. The van der Waals surface area contributed by atoms with Crippen LogP contribution in [0.15, 0.2) is 35.2 Å². The summed E-state index contributed by atoms with van der Waals surface area (Å²) in [6.07, 6.45) is 0. The van der Waals surface area contributed by atoms with Crippen molar-refractivity contribution in [3.05, 3.63) is 46.5 Å². The second-order valence-electron chi connectivity index (χ2n) is 8.02. The summed E-state index contributed by atoms with van der Waals surface area (Å²) in [6, 6.07) is 6.92. The summed E-state index contributed by atoms with van der Waals surface area (Å²) in [5.74, 6) is -0.541. The number of ether oxygens (including phenoxy) is 3. The van der Waals surface area contributed by atoms with E-state index in [0.717, 1.165) is 0 Å². The molecule has 0 saturated heterocycles. The van der Waals surface area contributed by atoms with Crippen molar-refractivity contribution in [2.24, 2.45) is 5.41 Å². The number of carbonyl (C=O) groups is 2. The summed E-state index contributed by atoms with van der Waals surface area (Å²) in [5.41, 5.74) is -0.165. The molecule has 0 aliphatic carbocycles. The first-order valence-corrected chi connectivity index (χ1v) is 11.4. The van der Waals surface area contributed by atoms with Gasteiger partial charge in [0.15, 0.2) is 12.4 Å². The van der Waals surface area contributed by atoms with Gasteiger partial charge in [-0.25, -0.2) is 13.2 Å². The number of hydrogen-bond donors (Lipinski definition) is 1. The van der Waals surface area contributed by atoms with E-state index in [1.807, 2.05) is 0 Å². The predicted molar refractivity (Wildman–Crippen MR) is 121 cm³/mol. The van der Waals surface area contributed by atoms with Crippen molar-refractivity contribution in [2.75, 3.05) is 25.5 Å². The maximum absolute atomic E-state index is 13.1. The molecule has 0 aromatic heterocycles. The van der Waals surface area contributed by atoms with Crippen LogP contribution >= 0.6 is 11.6 Å². The number of anilines is 1. The van der Waals surface area contributed by atoms with Gasteiger partial charge < -0.3 is 14.2 Å². The lowest BCUT2D eigenvalue weighted by Gasteiger charge is -2.17. The second-order valence-corrected chi connectivity index (χ2v) is 10.1. The van der Waals surface area contributed by atoms with E-state index in [-0.39, 0.29) is 32.7 Å². The Labute approximate surface area is 192 Å². The summed E-state index contributed by atoms with van der Waals surface area (Å²) in [6.45, 7) is 6.32. The molecule has 10 heteroatoms. The molecular formula is C22H26ClNO7S. The van der Waals surface area contributed by atoms with Crippen molar-refractivity contribution in [1.29, 1.82) is 0 Å². The van der Waals surface area contributed by atoms with Crippen molar-refractivity contribution < 1.29 is 32.2 Å². The number of nitrogens with one attached hydrogen (secondary N) is 1. The van der Waals surface area contributed by atoms with Crippen molar-refractivity contribution in [1.82, 2.24) is 0 Å². The molecule has 0 unspecified atom stereocenters. The van der Waals surface area contributed by atoms with Gasteiger partial charge in [-0.05, 0) is 30.7 Å². The maximum atomic E-state index is 13.1. The minimum Gasteiger partial charge on any atom is -0.495 e. The maximum Gasteiger partial charge on any atom is 0.338 e. The monoisotopic (exact) mass is 483 g/mol. The average Bonchev–Trinajstić information content (AvgIpc) is 2.71. The normalized spacial score (nSPS) is 11.6. The van der Waals surface area contributed by atoms with Crippen molar-refractivity contribution in [3.63, 3.8) is 0 Å². The Hall–Kier alpha value is -2.78. The summed E-state index contributed by atoms with van der Waals surface area (Å²) >= 11 is 6.12. The second kappa shape index (κ2) is 9.79. The van der Waals surface area contributed by atoms with E-state index in [2.05, 4.69) is 4.72 Å². The van der Waals surface area contributed by atoms with E-state index in [0.29, 0.717) is 11.3 Å². The van der Waals surface area contributed by atoms with Crippen LogP contribution in [0, 0.1) is 12.3 Å². The summed E-state index contributed by atoms with van der Waals surface area (Å²) in [7, 11) is -1.33. The number of methoxy groups -OCH3 is 2. The zero-order chi connectivity index (χ0) is 24.3. The molecule has 0 saturated carbocycles. The largest absolute Gasteiger partial charge is 0.495 e. The lowest BCUT2D eigenvalue weighted by atomic mass is 9.91. The van der Waals surface area contributed by atoms with E-state index in [9.17, 15) is 18.0 Å². The van der Waals surface area contributed by atoms with Crippen LogP contribution in [0.2, 0.25) is 5.02 Å². The lowest BCUT2D eigenvalue weighted by molar-refractivity contribution is -0.129. The molecular weight excluding hydrogens is 458 g/mol. The van der Waals surface area contributed by atoms with Gasteiger partial charge in [0.25, 0.3) is 10.0 Å². The van der Waals surface area contributed by atoms with Gasteiger partial charge >= 0.3 is 5.97 Å². The zero-order valence-electron chi connectivity index (χ0n) is 18.7. The van der Waals surface area contributed by atoms with Gasteiger partial charge in [0.2, 0.25) is 0 Å². The standard InChI is InChI=1S/C22H26ClNO7S/c1-13-7-8-14(21(26)31-12-20(25)22(2,3)4)9-19(13)32(27,28)24-16-10-15(23)17(29-5)11-18(16)30-6/h7-11,24H,12H2,1-6H3. The number of ketones is 1. The predicted octanol–water partition coefficient (Wildman–Crippen LogP) is 4.24. The Morgan fingerprint density at radius 3 is 2.22 bits per heavy atom. The highest BCUT2D eigenvalue weighted by molar-refractivity contribution is 7.92. The SMILES string of the molecule is COc1cc(OC)c(NS(=O)(=O)c2cc(C(=O)OCC(=O)C(C)(C)C)ccc2C)cc1Cl. The van der Waals surface area contributed by atoms with Gasteiger partial charge in [0.05, 0.1) is 35.4 Å². The third-order valence-electron chi connectivity index (χ3n) is 4.60. The van der Waals surface area contributed by atoms with Crippen molar-refractivity contribution in [3.8, 4) is 11.5 Å². The Morgan fingerprint density at radius 2 is 1.66 bits per heavy atom. The molecule has 0 spiro atoms. The zero-order valence-corrected chi connectivity index (χ0v) is 20.3. The topological polar surface area (TPSA) is 108 Å². The van der Waals surface area contributed by atoms with Gasteiger partial charge in [-0.15, -0.1) is 0 Å². The van der Waals surface area contributed by atoms with E-state index in [1.165, 1.54) is 44.6 Å². The van der Waals surface area contributed by atoms with Crippen LogP contribution in [0.5, 0.6) is 11.5 Å². The first-order valence-electron chi connectivity index (χ1n) is 9.55. The van der Waals surface area contributed by atoms with Gasteiger partial charge in [-0.1, -0.05) is 38.4 Å². The highest BCUT2D eigenvalue weighted by atomic mass is 35.5. The molecule has 2 aromatic carbocycles. The highest BCUT2D eigenvalue weighted by Crippen LogP contribution is 2.37. The summed E-state index contributed by atoms with van der Waals surface area (Å²) < 4.78 is 44.0. The number of aryl methyl sites for hydroxylation is 1. The number of hydrogen-bond acceptors (Lipinski definition) is 7. The number of Topliss-reactive ketones (excluding diaryl/α,β-unsaturated/α-hetero) is 1. The van der Waals surface area contributed by atoms with Crippen molar-refractivity contribution in [2.45, 2.75) is 32.6 Å². The molecule has 2 rings (SSSR count). The molecule has 8 nitrogen and oxygen atoms in total. The van der Waals surface area contributed by atoms with E-state index in [1.54, 1.807) is 27.7 Å². The van der Waals surface area contributed by atoms with Crippen LogP contribution in [0.25, 0.3) is 0 Å². The molecule has 0 amide bonds. The smallest absolute Gasteiger partial charge is 0.338 e. The molecule has 0 aliphatic heterocycles. The number of benzene rings is 2. The number of carbonyl (C=O) groups excluding carboxylic acids is 2. The Bertz CT molecular complexity index is 1140. The van der Waals surface area contributed by atoms with Crippen LogP contribution in [0.1, 0.15) is 36.7 Å². The van der Waals surface area contributed by atoms with E-state index < -0.39 is 28.0 Å². The number of esters is 1. The molecule has 0 heterocycles. The summed E-state index contributed by atoms with van der Waals surface area (Å²) in [4.78, 5) is 24.3. The molecule has 2 aromatic rings. The van der Waals surface area contributed by atoms with Crippen LogP contribution < -0.4 is 14.2 Å². The fourth-order valence-electron chi connectivity index (χ4n) is 2.59. The average molecular weight is 484 g/mol. The molecule has 0 aliphatic rings. The van der Waals surface area contributed by atoms with E-state index >= 15 is 0 Å². The molecule has 0 radical (unpaired) electrons. The van der Waals surface area contributed by atoms with Gasteiger partial charge in [-0.2, -0.15) is 0 Å². The van der Waals surface area contributed by atoms with Crippen LogP contribution in [-0.4, -0.2) is 41.0 Å². The third-order valence-corrected chi connectivity index (χ3v) is 6.41. The first kappa shape index (κ1) is 25.5.